The number of aryl methyl sites for hydroxylation is 2. The number of rotatable bonds is 20. The second-order valence-electron chi connectivity index (χ2n) is 18.8. The largest absolute Gasteiger partial charge is 0.494 e. The van der Waals surface area contributed by atoms with Gasteiger partial charge in [-0.05, 0) is 118 Å². The van der Waals surface area contributed by atoms with Crippen LogP contribution in [0.15, 0.2) is 72.2 Å². The van der Waals surface area contributed by atoms with E-state index in [4.69, 9.17) is 16.0 Å². The maximum atomic E-state index is 14.0. The molecule has 2 saturated heterocycles. The molecule has 6 amide bonds. The molecule has 2 fully saturated rings. The Bertz CT molecular complexity index is 2440. The highest BCUT2D eigenvalue weighted by Gasteiger charge is 2.52. The van der Waals surface area contributed by atoms with Gasteiger partial charge in [0.15, 0.2) is 5.69 Å². The Morgan fingerprint density at radius 2 is 1.61 bits per heavy atom. The van der Waals surface area contributed by atoms with Crippen molar-refractivity contribution < 1.29 is 38.6 Å². The summed E-state index contributed by atoms with van der Waals surface area (Å²) in [4.78, 5) is 80.5. The summed E-state index contributed by atoms with van der Waals surface area (Å²) in [6, 6.07) is 17.7. The van der Waals surface area contributed by atoms with Crippen LogP contribution in [0, 0.1) is 25.8 Å². The molecule has 2 aliphatic rings. The number of thiazole rings is 1. The summed E-state index contributed by atoms with van der Waals surface area (Å²) in [5.41, 5.74) is 5.13. The number of anilines is 2. The Hall–Kier alpha value is -6.15. The number of carbonyl (C=O) groups excluding carboxylic acids is 5. The van der Waals surface area contributed by atoms with Gasteiger partial charge in [0.05, 0.1) is 41.1 Å². The van der Waals surface area contributed by atoms with E-state index in [0.717, 1.165) is 41.0 Å². The monoisotopic (exact) mass is 933 g/mol. The fourth-order valence-electron chi connectivity index (χ4n) is 8.33. The van der Waals surface area contributed by atoms with Crippen molar-refractivity contribution in [3.05, 3.63) is 100 Å². The third-order valence-corrected chi connectivity index (χ3v) is 13.2. The summed E-state index contributed by atoms with van der Waals surface area (Å²) in [5.74, 6) is -0.700. The number of urea groups is 1. The highest BCUT2D eigenvalue weighted by molar-refractivity contribution is 7.13. The maximum absolute atomic E-state index is 14.0. The second kappa shape index (κ2) is 22.1. The van der Waals surface area contributed by atoms with Crippen LogP contribution in [-0.4, -0.2) is 94.7 Å². The van der Waals surface area contributed by atoms with Crippen molar-refractivity contribution in [3.8, 4) is 16.2 Å². The van der Waals surface area contributed by atoms with Gasteiger partial charge in [-0.15, -0.1) is 11.3 Å². The fraction of sp³-hybridized carbons (Fsp3) is 0.471. The number of imide groups is 1. The smallest absolute Gasteiger partial charge is 0.336 e. The molecular weight excluding hydrogens is 871 g/mol. The zero-order valence-electron chi connectivity index (χ0n) is 39.6. The number of benzene rings is 3. The highest BCUT2D eigenvalue weighted by atomic mass is 32.1. The van der Waals surface area contributed by atoms with E-state index in [2.05, 4.69) is 20.5 Å². The lowest BCUT2D eigenvalue weighted by Gasteiger charge is -2.35. The van der Waals surface area contributed by atoms with Crippen LogP contribution in [0.3, 0.4) is 0 Å². The third kappa shape index (κ3) is 12.3. The molecule has 3 N–H and O–H groups in total. The van der Waals surface area contributed by atoms with Gasteiger partial charge in [-0.1, -0.05) is 51.1 Å². The first kappa shape index (κ1) is 50.3. The van der Waals surface area contributed by atoms with E-state index in [1.807, 2.05) is 57.5 Å². The number of β-amino-alcohol motifs (C(OH)–C–C–N with tert-alkyl or cyclic N) is 1. The van der Waals surface area contributed by atoms with Crippen LogP contribution in [0.4, 0.5) is 21.9 Å². The quantitative estimate of drug-likeness (QED) is 0.0448. The first-order chi connectivity index (χ1) is 31.9. The summed E-state index contributed by atoms with van der Waals surface area (Å²) in [6.45, 7) is 21.9. The Kier molecular flexibility index (Phi) is 16.6. The molecule has 0 bridgehead atoms. The topological polar surface area (TPSA) is 175 Å². The first-order valence-electron chi connectivity index (χ1n) is 22.9. The summed E-state index contributed by atoms with van der Waals surface area (Å²) in [5, 5.41) is 16.4. The minimum atomic E-state index is -1.12. The molecule has 0 saturated carbocycles. The molecule has 16 heteroatoms. The molecule has 4 aromatic rings. The Balaban J connectivity index is 0.856. The zero-order chi connectivity index (χ0) is 48.5. The number of aromatic nitrogens is 1. The minimum Gasteiger partial charge on any atom is -0.494 e. The number of ether oxygens (including phenoxy) is 2. The third-order valence-electron chi connectivity index (χ3n) is 12.2. The number of hydrogen-bond donors (Lipinski definition) is 3. The van der Waals surface area contributed by atoms with Crippen LogP contribution in [0.1, 0.15) is 96.4 Å². The van der Waals surface area contributed by atoms with Gasteiger partial charge in [0.2, 0.25) is 17.7 Å². The van der Waals surface area contributed by atoms with E-state index in [-0.39, 0.29) is 43.7 Å². The number of aliphatic hydroxyl groups excluding tert-OH is 1. The predicted octanol–water partition coefficient (Wildman–Crippen LogP) is 8.27. The fourth-order valence-corrected chi connectivity index (χ4v) is 9.14. The van der Waals surface area contributed by atoms with Gasteiger partial charge in [-0.25, -0.2) is 19.5 Å². The van der Waals surface area contributed by atoms with Gasteiger partial charge < -0.3 is 30.1 Å². The molecule has 0 aliphatic carbocycles. The number of amides is 6. The molecule has 2 aliphatic heterocycles. The van der Waals surface area contributed by atoms with E-state index in [9.17, 15) is 29.1 Å². The van der Waals surface area contributed by atoms with Crippen molar-refractivity contribution in [1.82, 2.24) is 20.5 Å². The summed E-state index contributed by atoms with van der Waals surface area (Å²) >= 11 is 1.58. The van der Waals surface area contributed by atoms with Crippen LogP contribution in [0.2, 0.25) is 0 Å². The average Bonchev–Trinajstić information content (AvgIpc) is 3.96. The van der Waals surface area contributed by atoms with Crippen LogP contribution in [0.5, 0.6) is 5.75 Å². The average molecular weight is 934 g/mol. The van der Waals surface area contributed by atoms with Gasteiger partial charge in [-0.3, -0.25) is 24.1 Å². The molecule has 0 spiro atoms. The number of nitrogens with one attached hydrogen (secondary N) is 2. The van der Waals surface area contributed by atoms with E-state index in [0.29, 0.717) is 61.0 Å². The van der Waals surface area contributed by atoms with Crippen molar-refractivity contribution >= 4 is 58.1 Å². The number of likely N-dealkylation sites (tertiary alicyclic amines) is 1. The standard InChI is InChI=1S/C51H63N7O8S/c1-33-28-38(21-24-41(33)52-8)57-48(63)51(6,7)58(49(57)64)37-19-22-40(23-20-37)66-27-12-9-11-25-65-26-13-10-14-43(60)55-45(50(3,4)5)47(62)56-31-39(59)29-42(56)46(61)53-30-35-15-17-36(18-16-35)44-34(2)54-32-67-44/h15-24,28,32,39,42,45,59H,9-14,25-27,29-31H2,1-7H3,(H,53,61)(H,55,60)/t39-,42+,45-/m1/s1. The Morgan fingerprint density at radius 1 is 0.940 bits per heavy atom. The van der Waals surface area contributed by atoms with Crippen molar-refractivity contribution in [3.63, 3.8) is 0 Å². The van der Waals surface area contributed by atoms with Gasteiger partial charge in [0.1, 0.15) is 23.4 Å². The van der Waals surface area contributed by atoms with Crippen LogP contribution in [0.25, 0.3) is 15.3 Å². The SMILES string of the molecule is [C-]#[N+]c1ccc(N2C(=O)N(c3ccc(OCCCCCOCCCCC(=O)N[C@H](C(=O)N4C[C@H](O)C[C@H]4C(=O)NCc4ccc(-c5scnc5C)cc4)C(C)(C)C)cc3)C(C)(C)C2=O)cc1C. The molecule has 0 unspecified atom stereocenters. The molecule has 15 nitrogen and oxygen atoms in total. The molecule has 6 rings (SSSR count). The number of hydrogen-bond acceptors (Lipinski definition) is 10. The van der Waals surface area contributed by atoms with E-state index < -0.39 is 41.1 Å². The Morgan fingerprint density at radius 3 is 2.25 bits per heavy atom. The van der Waals surface area contributed by atoms with Crippen LogP contribution < -0.4 is 25.2 Å². The maximum Gasteiger partial charge on any atom is 0.336 e. The van der Waals surface area contributed by atoms with Gasteiger partial charge in [-0.2, -0.15) is 0 Å². The lowest BCUT2D eigenvalue weighted by atomic mass is 9.85. The highest BCUT2D eigenvalue weighted by Crippen LogP contribution is 2.38. The van der Waals surface area contributed by atoms with E-state index >= 15 is 0 Å². The molecule has 0 radical (unpaired) electrons. The molecule has 3 heterocycles. The molecule has 356 valence electrons. The normalized spacial score (nSPS) is 17.4. The number of unbranched alkanes of at least 4 members (excludes halogenated alkanes) is 3. The molecular formula is C51H63N7O8S. The van der Waals surface area contributed by atoms with Crippen molar-refractivity contribution in [2.24, 2.45) is 5.41 Å². The molecule has 3 aromatic carbocycles. The molecule has 3 atom stereocenters. The summed E-state index contributed by atoms with van der Waals surface area (Å²) in [7, 11) is 0. The van der Waals surface area contributed by atoms with E-state index in [1.165, 1.54) is 14.7 Å². The van der Waals surface area contributed by atoms with Crippen LogP contribution in [-0.2, 0) is 30.5 Å². The Labute approximate surface area is 397 Å². The summed E-state index contributed by atoms with van der Waals surface area (Å²) in [6.07, 6.45) is 3.30. The first-order valence-corrected chi connectivity index (χ1v) is 23.8. The van der Waals surface area contributed by atoms with Gasteiger partial charge in [0.25, 0.3) is 5.91 Å². The van der Waals surface area contributed by atoms with Gasteiger partial charge >= 0.3 is 6.03 Å². The van der Waals surface area contributed by atoms with Crippen LogP contribution >= 0.6 is 11.3 Å². The predicted molar refractivity (Wildman–Crippen MR) is 259 cm³/mol. The lowest BCUT2D eigenvalue weighted by Crippen LogP contribution is -2.57. The van der Waals surface area contributed by atoms with Crippen molar-refractivity contribution in [2.75, 3.05) is 36.2 Å². The number of aliphatic hydroxyl groups is 1. The number of carbonyl (C=O) groups is 5. The number of nitrogens with zero attached hydrogens (tertiary/aromatic N) is 5. The lowest BCUT2D eigenvalue weighted by molar-refractivity contribution is -0.144. The van der Waals surface area contributed by atoms with Crippen molar-refractivity contribution in [1.29, 1.82) is 0 Å². The zero-order valence-corrected chi connectivity index (χ0v) is 40.4. The van der Waals surface area contributed by atoms with E-state index in [1.54, 1.807) is 74.6 Å². The molecule has 67 heavy (non-hydrogen) atoms. The van der Waals surface area contributed by atoms with Gasteiger partial charge in [0, 0.05) is 44.8 Å². The molecule has 1 aromatic heterocycles. The minimum absolute atomic E-state index is 0.0108. The van der Waals surface area contributed by atoms with Crippen molar-refractivity contribution in [2.45, 2.75) is 124 Å². The second-order valence-corrected chi connectivity index (χ2v) is 19.7. The summed E-state index contributed by atoms with van der Waals surface area (Å²) < 4.78 is 11.8.